The van der Waals surface area contributed by atoms with Gasteiger partial charge in [0.2, 0.25) is 5.95 Å². The summed E-state index contributed by atoms with van der Waals surface area (Å²) in [4.78, 5) is 22.4. The fourth-order valence-electron chi connectivity index (χ4n) is 4.61. The fraction of sp³-hybridized carbons (Fsp3) is 0.269. The Morgan fingerprint density at radius 2 is 1.88 bits per heavy atom. The van der Waals surface area contributed by atoms with E-state index in [2.05, 4.69) is 15.3 Å². The molecule has 0 saturated heterocycles. The van der Waals surface area contributed by atoms with Gasteiger partial charge in [-0.25, -0.2) is 4.98 Å². The number of aliphatic hydroxyl groups is 1. The number of para-hydroxylation sites is 3. The minimum atomic E-state index is -0.468. The number of nitrogens with one attached hydrogen (secondary N) is 1. The van der Waals surface area contributed by atoms with Gasteiger partial charge in [0.15, 0.2) is 0 Å². The molecule has 1 amide bonds. The molecule has 33 heavy (non-hydrogen) atoms. The lowest BCUT2D eigenvalue weighted by molar-refractivity contribution is 0.0779. The van der Waals surface area contributed by atoms with Crippen LogP contribution in [0.25, 0.3) is 22.3 Å². The number of pyridine rings is 1. The van der Waals surface area contributed by atoms with Crippen LogP contribution in [0.5, 0.6) is 5.75 Å². The predicted octanol–water partition coefficient (Wildman–Crippen LogP) is 4.84. The Labute approximate surface area is 192 Å². The van der Waals surface area contributed by atoms with Crippen LogP contribution < -0.4 is 10.1 Å². The van der Waals surface area contributed by atoms with Crippen LogP contribution in [0.2, 0.25) is 0 Å². The quantitative estimate of drug-likeness (QED) is 0.462. The molecule has 2 heterocycles. The summed E-state index contributed by atoms with van der Waals surface area (Å²) in [5.74, 6) is 0.855. The summed E-state index contributed by atoms with van der Waals surface area (Å²) in [5, 5.41) is 13.7. The Kier molecular flexibility index (Phi) is 5.79. The Morgan fingerprint density at radius 1 is 1.09 bits per heavy atom. The first-order valence-corrected chi connectivity index (χ1v) is 11.2. The van der Waals surface area contributed by atoms with Crippen molar-refractivity contribution in [1.82, 2.24) is 14.5 Å². The van der Waals surface area contributed by atoms with Crippen LogP contribution in [0.15, 0.2) is 66.9 Å². The number of fused-ring (bicyclic) bond motifs is 1. The zero-order valence-electron chi connectivity index (χ0n) is 18.4. The molecule has 2 N–H and O–H groups in total. The number of carbonyl (C=O) groups excluding carboxylic acids is 1. The third-order valence-electron chi connectivity index (χ3n) is 6.25. The molecule has 5 rings (SSSR count). The molecule has 1 aliphatic rings. The molecular formula is C26H26N4O3. The van der Waals surface area contributed by atoms with E-state index in [0.29, 0.717) is 23.0 Å². The highest BCUT2D eigenvalue weighted by Gasteiger charge is 2.29. The van der Waals surface area contributed by atoms with E-state index in [-0.39, 0.29) is 11.9 Å². The van der Waals surface area contributed by atoms with Crippen LogP contribution in [0.1, 0.15) is 42.1 Å². The first-order valence-electron chi connectivity index (χ1n) is 11.2. The molecule has 0 spiro atoms. The van der Waals surface area contributed by atoms with Gasteiger partial charge < -0.3 is 14.4 Å². The molecule has 168 valence electrons. The number of imidazole rings is 1. The van der Waals surface area contributed by atoms with Crippen molar-refractivity contribution in [3.63, 3.8) is 0 Å². The molecule has 2 aromatic heterocycles. The lowest BCUT2D eigenvalue weighted by Gasteiger charge is -2.30. The summed E-state index contributed by atoms with van der Waals surface area (Å²) in [5.41, 5.74) is 3.62. The summed E-state index contributed by atoms with van der Waals surface area (Å²) < 4.78 is 7.43. The minimum Gasteiger partial charge on any atom is -0.496 e. The van der Waals surface area contributed by atoms with Crippen LogP contribution in [0.4, 0.5) is 5.95 Å². The number of ether oxygens (including phenoxy) is 1. The Balaban J connectivity index is 1.50. The smallest absolute Gasteiger partial charge is 0.258 e. The second-order valence-corrected chi connectivity index (χ2v) is 8.30. The monoisotopic (exact) mass is 442 g/mol. The summed E-state index contributed by atoms with van der Waals surface area (Å²) in [6.07, 6.45) is 4.78. The molecule has 0 unspecified atom stereocenters. The topological polar surface area (TPSA) is 89.3 Å². The van der Waals surface area contributed by atoms with Crippen molar-refractivity contribution >= 4 is 22.9 Å². The van der Waals surface area contributed by atoms with Crippen LogP contribution in [-0.4, -0.2) is 38.8 Å². The second kappa shape index (κ2) is 9.03. The number of hydrogen-bond acceptors (Lipinski definition) is 5. The number of hydrogen-bond donors (Lipinski definition) is 2. The van der Waals surface area contributed by atoms with Crippen LogP contribution >= 0.6 is 0 Å². The standard InChI is InChI=1S/C26H26N4O3/c1-33-24-13-7-2-8-18(24)20-16-17(14-15-27-20)25(32)29-26-28-19-9-3-4-10-21(19)30(26)22-11-5-6-12-23(22)31/h2-4,7-10,13-16,22-23,31H,5-6,11-12H2,1H3,(H,28,29,32)/t22-,23-/m0/s1. The molecule has 1 aliphatic carbocycles. The number of amides is 1. The third kappa shape index (κ3) is 4.07. The number of methoxy groups -OCH3 is 1. The molecule has 7 heteroatoms. The van der Waals surface area contributed by atoms with Crippen molar-refractivity contribution in [3.05, 3.63) is 72.4 Å². The summed E-state index contributed by atoms with van der Waals surface area (Å²) in [6, 6.07) is 18.6. The van der Waals surface area contributed by atoms with Crippen LogP contribution in [-0.2, 0) is 0 Å². The molecule has 2 aromatic carbocycles. The van der Waals surface area contributed by atoms with Crippen molar-refractivity contribution in [2.24, 2.45) is 0 Å². The molecule has 0 radical (unpaired) electrons. The lowest BCUT2D eigenvalue weighted by atomic mass is 9.92. The lowest BCUT2D eigenvalue weighted by Crippen LogP contribution is -2.29. The van der Waals surface area contributed by atoms with Crippen molar-refractivity contribution in [2.75, 3.05) is 12.4 Å². The zero-order valence-corrected chi connectivity index (χ0v) is 18.4. The highest BCUT2D eigenvalue weighted by Crippen LogP contribution is 2.35. The summed E-state index contributed by atoms with van der Waals surface area (Å²) >= 11 is 0. The SMILES string of the molecule is COc1ccccc1-c1cc(C(=O)Nc2nc3ccccc3n2[C@H]2CCCC[C@@H]2O)ccn1. The van der Waals surface area contributed by atoms with Gasteiger partial charge in [-0.1, -0.05) is 37.1 Å². The normalized spacial score (nSPS) is 18.2. The number of anilines is 1. The van der Waals surface area contributed by atoms with Crippen molar-refractivity contribution in [1.29, 1.82) is 0 Å². The third-order valence-corrected chi connectivity index (χ3v) is 6.25. The highest BCUT2D eigenvalue weighted by molar-refractivity contribution is 6.04. The van der Waals surface area contributed by atoms with Crippen molar-refractivity contribution in [3.8, 4) is 17.0 Å². The largest absolute Gasteiger partial charge is 0.496 e. The number of aliphatic hydroxyl groups excluding tert-OH is 1. The molecule has 1 fully saturated rings. The predicted molar refractivity (Wildman–Crippen MR) is 127 cm³/mol. The molecule has 0 aliphatic heterocycles. The van der Waals surface area contributed by atoms with E-state index in [1.54, 1.807) is 25.4 Å². The number of carbonyl (C=O) groups is 1. The molecule has 1 saturated carbocycles. The number of nitrogens with zero attached hydrogens (tertiary/aromatic N) is 3. The van der Waals surface area contributed by atoms with Gasteiger partial charge in [-0.3, -0.25) is 15.1 Å². The molecular weight excluding hydrogens is 416 g/mol. The molecule has 4 aromatic rings. The van der Waals surface area contributed by atoms with Gasteiger partial charge in [-0.15, -0.1) is 0 Å². The van der Waals surface area contributed by atoms with Gasteiger partial charge in [0.1, 0.15) is 5.75 Å². The average Bonchev–Trinajstić information content (AvgIpc) is 3.22. The zero-order chi connectivity index (χ0) is 22.8. The van der Waals surface area contributed by atoms with E-state index in [1.807, 2.05) is 53.1 Å². The molecule has 2 atom stereocenters. The average molecular weight is 443 g/mol. The maximum atomic E-state index is 13.3. The van der Waals surface area contributed by atoms with Crippen molar-refractivity contribution < 1.29 is 14.6 Å². The van der Waals surface area contributed by atoms with Crippen LogP contribution in [0.3, 0.4) is 0 Å². The van der Waals surface area contributed by atoms with Gasteiger partial charge in [0.25, 0.3) is 5.91 Å². The maximum Gasteiger partial charge on any atom is 0.258 e. The Morgan fingerprint density at radius 3 is 2.73 bits per heavy atom. The minimum absolute atomic E-state index is 0.122. The molecule has 7 nitrogen and oxygen atoms in total. The second-order valence-electron chi connectivity index (χ2n) is 8.30. The van der Waals surface area contributed by atoms with Crippen LogP contribution in [0, 0.1) is 0 Å². The van der Waals surface area contributed by atoms with E-state index < -0.39 is 6.10 Å². The van der Waals surface area contributed by atoms with Crippen molar-refractivity contribution in [2.45, 2.75) is 37.8 Å². The Hall–Kier alpha value is -3.71. The highest BCUT2D eigenvalue weighted by atomic mass is 16.5. The maximum absolute atomic E-state index is 13.3. The fourth-order valence-corrected chi connectivity index (χ4v) is 4.61. The van der Waals surface area contributed by atoms with E-state index in [9.17, 15) is 9.90 Å². The van der Waals surface area contributed by atoms with Gasteiger partial charge >= 0.3 is 0 Å². The van der Waals surface area contributed by atoms with Gasteiger partial charge in [0, 0.05) is 17.3 Å². The van der Waals surface area contributed by atoms with Gasteiger partial charge in [-0.05, 0) is 49.2 Å². The van der Waals surface area contributed by atoms with Gasteiger partial charge in [0.05, 0.1) is 36.0 Å². The van der Waals surface area contributed by atoms with E-state index in [4.69, 9.17) is 4.74 Å². The molecule has 0 bridgehead atoms. The summed E-state index contributed by atoms with van der Waals surface area (Å²) in [6.45, 7) is 0. The van der Waals surface area contributed by atoms with E-state index >= 15 is 0 Å². The number of rotatable bonds is 5. The van der Waals surface area contributed by atoms with E-state index in [1.165, 1.54) is 0 Å². The summed E-state index contributed by atoms with van der Waals surface area (Å²) in [7, 11) is 1.61. The first kappa shape index (κ1) is 21.2. The Bertz CT molecular complexity index is 1300. The number of benzene rings is 2. The first-order chi connectivity index (χ1) is 16.2. The van der Waals surface area contributed by atoms with E-state index in [0.717, 1.165) is 42.3 Å². The number of aromatic nitrogens is 3. The van der Waals surface area contributed by atoms with Gasteiger partial charge in [-0.2, -0.15) is 0 Å².